The minimum absolute atomic E-state index is 0.189. The molecule has 4 aromatic rings. The van der Waals surface area contributed by atoms with Gasteiger partial charge in [0.05, 0.1) is 28.2 Å². The van der Waals surface area contributed by atoms with E-state index in [0.717, 1.165) is 5.56 Å². The highest BCUT2D eigenvalue weighted by molar-refractivity contribution is 6.32. The second kappa shape index (κ2) is 6.31. The van der Waals surface area contributed by atoms with Crippen LogP contribution in [-0.2, 0) is 6.54 Å². The first-order chi connectivity index (χ1) is 12.6. The predicted octanol–water partition coefficient (Wildman–Crippen LogP) is 2.89. The molecule has 0 aliphatic carbocycles. The van der Waals surface area contributed by atoms with Crippen molar-refractivity contribution in [2.45, 2.75) is 13.5 Å². The summed E-state index contributed by atoms with van der Waals surface area (Å²) in [5.41, 5.74) is 2.08. The zero-order valence-electron chi connectivity index (χ0n) is 13.9. The molecule has 0 saturated carbocycles. The number of benzene rings is 1. The lowest BCUT2D eigenvalue weighted by molar-refractivity contribution is 0.735. The van der Waals surface area contributed by atoms with Gasteiger partial charge >= 0.3 is 0 Å². The van der Waals surface area contributed by atoms with Crippen molar-refractivity contribution in [3.8, 4) is 5.69 Å². The van der Waals surface area contributed by atoms with Gasteiger partial charge in [0.15, 0.2) is 0 Å². The van der Waals surface area contributed by atoms with Crippen LogP contribution < -0.4 is 11.1 Å². The second-order valence-electron chi connectivity index (χ2n) is 6.01. The highest BCUT2D eigenvalue weighted by Gasteiger charge is 2.16. The van der Waals surface area contributed by atoms with Crippen molar-refractivity contribution in [2.75, 3.05) is 0 Å². The van der Waals surface area contributed by atoms with Crippen molar-refractivity contribution in [1.82, 2.24) is 19.3 Å². The minimum Gasteiger partial charge on any atom is -0.308 e. The van der Waals surface area contributed by atoms with Gasteiger partial charge < -0.3 is 4.57 Å². The molecule has 0 bridgehead atoms. The molecule has 0 unspecified atom stereocenters. The number of aromatic amines is 1. The molecule has 26 heavy (non-hydrogen) atoms. The third kappa shape index (κ3) is 2.64. The van der Waals surface area contributed by atoms with Gasteiger partial charge in [0.25, 0.3) is 11.1 Å². The first-order valence-electron chi connectivity index (χ1n) is 8.05. The van der Waals surface area contributed by atoms with Crippen LogP contribution in [0, 0.1) is 6.92 Å². The summed E-state index contributed by atoms with van der Waals surface area (Å²) in [6, 6.07) is 12.2. The Labute approximate surface area is 153 Å². The molecule has 0 radical (unpaired) electrons. The maximum absolute atomic E-state index is 13.0. The van der Waals surface area contributed by atoms with Crippen LogP contribution in [0.4, 0.5) is 0 Å². The van der Waals surface area contributed by atoms with E-state index in [1.807, 2.05) is 12.1 Å². The zero-order chi connectivity index (χ0) is 18.3. The van der Waals surface area contributed by atoms with E-state index in [0.29, 0.717) is 33.9 Å². The van der Waals surface area contributed by atoms with Gasteiger partial charge in [-0.05, 0) is 30.7 Å². The van der Waals surface area contributed by atoms with E-state index in [-0.39, 0.29) is 11.1 Å². The van der Waals surface area contributed by atoms with Crippen LogP contribution in [0.2, 0.25) is 5.02 Å². The summed E-state index contributed by atoms with van der Waals surface area (Å²) in [5, 5.41) is 3.90. The lowest BCUT2D eigenvalue weighted by Gasteiger charge is -2.09. The maximum atomic E-state index is 13.0. The maximum Gasteiger partial charge on any atom is 0.280 e. The molecule has 0 aliphatic heterocycles. The summed E-state index contributed by atoms with van der Waals surface area (Å²) < 4.78 is 2.94. The van der Waals surface area contributed by atoms with E-state index in [2.05, 4.69) is 10.1 Å². The van der Waals surface area contributed by atoms with E-state index in [1.54, 1.807) is 48.1 Å². The molecular weight excluding hydrogens is 352 g/mol. The van der Waals surface area contributed by atoms with Gasteiger partial charge in [-0.1, -0.05) is 29.8 Å². The van der Waals surface area contributed by atoms with Gasteiger partial charge in [-0.2, -0.15) is 0 Å². The molecule has 6 nitrogen and oxygen atoms in total. The second-order valence-corrected chi connectivity index (χ2v) is 6.42. The van der Waals surface area contributed by atoms with Gasteiger partial charge in [0.2, 0.25) is 0 Å². The number of aromatic nitrogens is 4. The van der Waals surface area contributed by atoms with Crippen molar-refractivity contribution in [3.05, 3.63) is 91.8 Å². The number of H-pyrrole nitrogens is 1. The Balaban J connectivity index is 1.93. The number of halogens is 1. The summed E-state index contributed by atoms with van der Waals surface area (Å²) in [6.07, 6.45) is 3.38. The van der Waals surface area contributed by atoms with Gasteiger partial charge in [0, 0.05) is 24.2 Å². The smallest absolute Gasteiger partial charge is 0.280 e. The zero-order valence-corrected chi connectivity index (χ0v) is 14.7. The SMILES string of the molecule is Cc1c2c(=O)n(-c3ccccc3Cl)[nH]c2cc(=O)n1Cc1cccnc1. The van der Waals surface area contributed by atoms with Crippen LogP contribution in [0.5, 0.6) is 0 Å². The molecule has 0 amide bonds. The van der Waals surface area contributed by atoms with Crippen LogP contribution in [-0.4, -0.2) is 19.3 Å². The number of fused-ring (bicyclic) bond motifs is 1. The average molecular weight is 367 g/mol. The summed E-state index contributed by atoms with van der Waals surface area (Å²) >= 11 is 6.21. The highest BCUT2D eigenvalue weighted by atomic mass is 35.5. The Bertz CT molecular complexity index is 1220. The molecule has 1 aromatic carbocycles. The van der Waals surface area contributed by atoms with Crippen molar-refractivity contribution in [2.24, 2.45) is 0 Å². The van der Waals surface area contributed by atoms with E-state index < -0.39 is 0 Å². The molecule has 130 valence electrons. The number of nitrogens with one attached hydrogen (secondary N) is 1. The Morgan fingerprint density at radius 3 is 2.69 bits per heavy atom. The first kappa shape index (κ1) is 16.4. The highest BCUT2D eigenvalue weighted by Crippen LogP contribution is 2.20. The Hall–Kier alpha value is -3.12. The van der Waals surface area contributed by atoms with Crippen molar-refractivity contribution < 1.29 is 0 Å². The Morgan fingerprint density at radius 2 is 1.96 bits per heavy atom. The topological polar surface area (TPSA) is 72.7 Å². The monoisotopic (exact) mass is 366 g/mol. The third-order valence-corrected chi connectivity index (χ3v) is 4.70. The minimum atomic E-state index is -0.245. The fourth-order valence-electron chi connectivity index (χ4n) is 3.08. The number of pyridine rings is 2. The molecule has 7 heteroatoms. The number of rotatable bonds is 3. The quantitative estimate of drug-likeness (QED) is 0.606. The number of aryl methyl sites for hydroxylation is 1. The van der Waals surface area contributed by atoms with E-state index >= 15 is 0 Å². The van der Waals surface area contributed by atoms with Crippen LogP contribution in [0.15, 0.2) is 64.4 Å². The van der Waals surface area contributed by atoms with Gasteiger partial charge in [0.1, 0.15) is 0 Å². The summed E-state index contributed by atoms with van der Waals surface area (Å²) in [6.45, 7) is 2.12. The third-order valence-electron chi connectivity index (χ3n) is 4.38. The fraction of sp³-hybridized carbons (Fsp3) is 0.105. The fourth-order valence-corrected chi connectivity index (χ4v) is 3.30. The van der Waals surface area contributed by atoms with Crippen molar-refractivity contribution >= 4 is 22.5 Å². The van der Waals surface area contributed by atoms with E-state index in [9.17, 15) is 9.59 Å². The molecular formula is C19H15ClN4O2. The van der Waals surface area contributed by atoms with Crippen LogP contribution >= 0.6 is 11.6 Å². The normalized spacial score (nSPS) is 11.2. The number of nitrogens with zero attached hydrogens (tertiary/aromatic N) is 3. The average Bonchev–Trinajstić information content (AvgIpc) is 2.96. The lowest BCUT2D eigenvalue weighted by Crippen LogP contribution is -2.23. The number of para-hydroxylation sites is 1. The Morgan fingerprint density at radius 1 is 1.15 bits per heavy atom. The van der Waals surface area contributed by atoms with E-state index in [4.69, 9.17) is 11.6 Å². The summed E-state index contributed by atoms with van der Waals surface area (Å²) in [7, 11) is 0. The molecule has 0 spiro atoms. The molecule has 0 aliphatic rings. The summed E-state index contributed by atoms with van der Waals surface area (Å²) in [5.74, 6) is 0. The van der Waals surface area contributed by atoms with Crippen molar-refractivity contribution in [3.63, 3.8) is 0 Å². The molecule has 0 saturated heterocycles. The van der Waals surface area contributed by atoms with Crippen LogP contribution in [0.3, 0.4) is 0 Å². The largest absolute Gasteiger partial charge is 0.308 e. The first-order valence-corrected chi connectivity index (χ1v) is 8.43. The molecule has 0 atom stereocenters. The van der Waals surface area contributed by atoms with Crippen LogP contribution in [0.25, 0.3) is 16.6 Å². The molecule has 3 heterocycles. The molecule has 4 rings (SSSR count). The van der Waals surface area contributed by atoms with Crippen LogP contribution in [0.1, 0.15) is 11.3 Å². The van der Waals surface area contributed by atoms with E-state index in [1.165, 1.54) is 10.7 Å². The van der Waals surface area contributed by atoms with Crippen molar-refractivity contribution in [1.29, 1.82) is 0 Å². The molecule has 1 N–H and O–H groups in total. The lowest BCUT2D eigenvalue weighted by atomic mass is 10.2. The Kier molecular flexibility index (Phi) is 3.97. The number of hydrogen-bond acceptors (Lipinski definition) is 3. The van der Waals surface area contributed by atoms with Gasteiger partial charge in [-0.15, -0.1) is 0 Å². The standard InChI is InChI=1S/C19H15ClN4O2/c1-12-18-15(9-17(25)23(12)11-13-5-4-8-21-10-13)22-24(19(18)26)16-7-3-2-6-14(16)20/h2-10,22H,11H2,1H3. The molecule has 0 fully saturated rings. The van der Waals surface area contributed by atoms with Gasteiger partial charge in [-0.3, -0.25) is 19.7 Å². The number of hydrogen-bond donors (Lipinski definition) is 1. The predicted molar refractivity (Wildman–Crippen MR) is 101 cm³/mol. The van der Waals surface area contributed by atoms with Gasteiger partial charge in [-0.25, -0.2) is 4.68 Å². The molecule has 3 aromatic heterocycles. The summed E-state index contributed by atoms with van der Waals surface area (Å²) in [4.78, 5) is 29.6.